The van der Waals surface area contributed by atoms with Crippen molar-refractivity contribution >= 4 is 17.6 Å². The quantitative estimate of drug-likeness (QED) is 0.685. The van der Waals surface area contributed by atoms with E-state index in [9.17, 15) is 9.59 Å². The first-order valence-electron chi connectivity index (χ1n) is 9.02. The molecule has 1 N–H and O–H groups in total. The third-order valence-corrected chi connectivity index (χ3v) is 4.34. The Hall–Kier alpha value is -3.41. The van der Waals surface area contributed by atoms with Gasteiger partial charge < -0.3 is 10.1 Å². The lowest BCUT2D eigenvalue weighted by molar-refractivity contribution is -0.119. The van der Waals surface area contributed by atoms with Gasteiger partial charge >= 0.3 is 5.97 Å². The summed E-state index contributed by atoms with van der Waals surface area (Å²) in [6.07, 6.45) is 0. The number of nitrogens with one attached hydrogen (secondary N) is 1. The van der Waals surface area contributed by atoms with E-state index in [1.807, 2.05) is 62.4 Å². The molecule has 3 rings (SSSR count). The lowest BCUT2D eigenvalue weighted by atomic mass is 10.1. The molecule has 0 aliphatic carbocycles. The van der Waals surface area contributed by atoms with Gasteiger partial charge in [0.15, 0.2) is 6.61 Å². The maximum Gasteiger partial charge on any atom is 0.342 e. The predicted octanol–water partition coefficient (Wildman–Crippen LogP) is 3.90. The maximum atomic E-state index is 12.5. The van der Waals surface area contributed by atoms with Gasteiger partial charge in [-0.05, 0) is 63.1 Å². The number of aryl methyl sites for hydroxylation is 3. The summed E-state index contributed by atoms with van der Waals surface area (Å²) >= 11 is 0. The van der Waals surface area contributed by atoms with E-state index in [1.165, 1.54) is 0 Å². The number of carbonyl (C=O) groups excluding carboxylic acids is 2. The van der Waals surface area contributed by atoms with Crippen LogP contribution in [0.15, 0.2) is 48.5 Å². The van der Waals surface area contributed by atoms with E-state index < -0.39 is 5.97 Å². The van der Waals surface area contributed by atoms with E-state index in [4.69, 9.17) is 4.74 Å². The van der Waals surface area contributed by atoms with Gasteiger partial charge in [-0.1, -0.05) is 24.3 Å². The molecule has 0 aliphatic heterocycles. The largest absolute Gasteiger partial charge is 0.452 e. The summed E-state index contributed by atoms with van der Waals surface area (Å²) in [6.45, 7) is 7.11. The van der Waals surface area contributed by atoms with Crippen molar-refractivity contribution in [2.75, 3.05) is 11.9 Å². The number of anilines is 1. The first kappa shape index (κ1) is 19.4. The van der Waals surface area contributed by atoms with Crippen LogP contribution in [0.1, 0.15) is 32.9 Å². The molecule has 0 atom stereocenters. The summed E-state index contributed by atoms with van der Waals surface area (Å²) in [5.41, 5.74) is 5.24. The SMILES string of the molecule is Cc1cc(C)cc(NC(=O)COC(=O)c2c(C)nn(-c3ccccc3)c2C)c1. The number of carbonyl (C=O) groups is 2. The highest BCUT2D eigenvalue weighted by atomic mass is 16.5. The first-order chi connectivity index (χ1) is 13.3. The van der Waals surface area contributed by atoms with E-state index in [0.717, 1.165) is 16.8 Å². The van der Waals surface area contributed by atoms with E-state index >= 15 is 0 Å². The molecule has 1 amide bonds. The zero-order valence-electron chi connectivity index (χ0n) is 16.4. The van der Waals surface area contributed by atoms with Gasteiger partial charge in [-0.25, -0.2) is 9.48 Å². The van der Waals surface area contributed by atoms with Gasteiger partial charge in [-0.3, -0.25) is 4.79 Å². The van der Waals surface area contributed by atoms with Crippen LogP contribution in [-0.2, 0) is 9.53 Å². The van der Waals surface area contributed by atoms with Gasteiger partial charge in [0.05, 0.1) is 17.1 Å². The van der Waals surface area contributed by atoms with Gasteiger partial charge in [-0.15, -0.1) is 0 Å². The van der Waals surface area contributed by atoms with Crippen molar-refractivity contribution < 1.29 is 14.3 Å². The Morgan fingerprint density at radius 3 is 2.29 bits per heavy atom. The number of nitrogens with zero attached hydrogens (tertiary/aromatic N) is 2. The minimum absolute atomic E-state index is 0.360. The summed E-state index contributed by atoms with van der Waals surface area (Å²) < 4.78 is 6.93. The molecule has 1 aromatic heterocycles. The highest BCUT2D eigenvalue weighted by Gasteiger charge is 2.21. The van der Waals surface area contributed by atoms with Crippen molar-refractivity contribution in [3.63, 3.8) is 0 Å². The van der Waals surface area contributed by atoms with Crippen LogP contribution in [0, 0.1) is 27.7 Å². The number of ether oxygens (including phenoxy) is 1. The summed E-state index contributed by atoms with van der Waals surface area (Å²) in [5.74, 6) is -0.947. The number of benzene rings is 2. The maximum absolute atomic E-state index is 12.5. The topological polar surface area (TPSA) is 73.2 Å². The molecular weight excluding hydrogens is 354 g/mol. The number of hydrogen-bond acceptors (Lipinski definition) is 4. The fourth-order valence-corrected chi connectivity index (χ4v) is 3.21. The van der Waals surface area contributed by atoms with Crippen LogP contribution < -0.4 is 5.32 Å². The lowest BCUT2D eigenvalue weighted by Gasteiger charge is -2.09. The summed E-state index contributed by atoms with van der Waals surface area (Å²) in [5, 5.41) is 7.18. The van der Waals surface area contributed by atoms with Gasteiger partial charge in [0.2, 0.25) is 0 Å². The summed E-state index contributed by atoms with van der Waals surface area (Å²) in [4.78, 5) is 24.7. The van der Waals surface area contributed by atoms with E-state index in [1.54, 1.807) is 18.5 Å². The lowest BCUT2D eigenvalue weighted by Crippen LogP contribution is -2.21. The Bertz CT molecular complexity index is 1000. The molecule has 0 bridgehead atoms. The van der Waals surface area contributed by atoms with Crippen LogP contribution in [0.2, 0.25) is 0 Å². The van der Waals surface area contributed by atoms with Crippen LogP contribution in [0.3, 0.4) is 0 Å². The Labute approximate surface area is 164 Å². The zero-order valence-corrected chi connectivity index (χ0v) is 16.4. The highest BCUT2D eigenvalue weighted by Crippen LogP contribution is 2.19. The Morgan fingerprint density at radius 1 is 1.00 bits per heavy atom. The molecule has 0 aliphatic rings. The number of hydrogen-bond donors (Lipinski definition) is 1. The Kier molecular flexibility index (Phi) is 5.59. The minimum Gasteiger partial charge on any atom is -0.452 e. The second kappa shape index (κ2) is 8.08. The molecule has 0 spiro atoms. The first-order valence-corrected chi connectivity index (χ1v) is 9.02. The summed E-state index contributed by atoms with van der Waals surface area (Å²) in [6, 6.07) is 15.3. The van der Waals surface area contributed by atoms with E-state index in [0.29, 0.717) is 22.6 Å². The average Bonchev–Trinajstić information content (AvgIpc) is 2.94. The highest BCUT2D eigenvalue weighted by molar-refractivity contribution is 5.96. The molecule has 144 valence electrons. The fraction of sp³-hybridized carbons (Fsp3) is 0.227. The van der Waals surface area contributed by atoms with Gasteiger partial charge in [0.25, 0.3) is 5.91 Å². The number of aromatic nitrogens is 2. The van der Waals surface area contributed by atoms with Crippen molar-refractivity contribution in [3.05, 3.63) is 76.6 Å². The molecular formula is C22H23N3O3. The van der Waals surface area contributed by atoms with Crippen LogP contribution in [0.25, 0.3) is 5.69 Å². The number of esters is 1. The van der Waals surface area contributed by atoms with Gasteiger partial charge in [0, 0.05) is 5.69 Å². The number of amides is 1. The second-order valence-electron chi connectivity index (χ2n) is 6.79. The van der Waals surface area contributed by atoms with Gasteiger partial charge in [-0.2, -0.15) is 5.10 Å². The van der Waals surface area contributed by atoms with Crippen molar-refractivity contribution in [2.45, 2.75) is 27.7 Å². The van der Waals surface area contributed by atoms with Crippen LogP contribution in [0.5, 0.6) is 0 Å². The third-order valence-electron chi connectivity index (χ3n) is 4.34. The number of rotatable bonds is 5. The summed E-state index contributed by atoms with van der Waals surface area (Å²) in [7, 11) is 0. The molecule has 2 aromatic carbocycles. The molecule has 0 saturated heterocycles. The van der Waals surface area contributed by atoms with Crippen LogP contribution in [0.4, 0.5) is 5.69 Å². The second-order valence-corrected chi connectivity index (χ2v) is 6.79. The molecule has 0 unspecified atom stereocenters. The van der Waals surface area contributed by atoms with Crippen molar-refractivity contribution in [1.29, 1.82) is 0 Å². The Balaban J connectivity index is 1.68. The molecule has 0 saturated carbocycles. The monoisotopic (exact) mass is 377 g/mol. The van der Waals surface area contributed by atoms with Crippen LogP contribution in [-0.4, -0.2) is 28.3 Å². The van der Waals surface area contributed by atoms with Crippen molar-refractivity contribution in [1.82, 2.24) is 9.78 Å². The zero-order chi connectivity index (χ0) is 20.3. The van der Waals surface area contributed by atoms with E-state index in [-0.39, 0.29) is 12.5 Å². The molecule has 1 heterocycles. The third kappa shape index (κ3) is 4.28. The fourth-order valence-electron chi connectivity index (χ4n) is 3.21. The van der Waals surface area contributed by atoms with Gasteiger partial charge in [0.1, 0.15) is 5.56 Å². The normalized spacial score (nSPS) is 10.6. The molecule has 0 fully saturated rings. The van der Waals surface area contributed by atoms with Crippen molar-refractivity contribution in [3.8, 4) is 5.69 Å². The minimum atomic E-state index is -0.562. The number of para-hydroxylation sites is 1. The van der Waals surface area contributed by atoms with Crippen molar-refractivity contribution in [2.24, 2.45) is 0 Å². The molecule has 6 heteroatoms. The molecule has 6 nitrogen and oxygen atoms in total. The Morgan fingerprint density at radius 2 is 1.64 bits per heavy atom. The smallest absolute Gasteiger partial charge is 0.342 e. The standard InChI is InChI=1S/C22H23N3O3/c1-14-10-15(2)12-18(11-14)23-20(26)13-28-22(27)21-16(3)24-25(17(21)4)19-8-6-5-7-9-19/h5-12H,13H2,1-4H3,(H,23,26). The van der Waals surface area contributed by atoms with Crippen LogP contribution >= 0.6 is 0 Å². The average molecular weight is 377 g/mol. The molecule has 28 heavy (non-hydrogen) atoms. The molecule has 3 aromatic rings. The predicted molar refractivity (Wildman–Crippen MR) is 108 cm³/mol. The van der Waals surface area contributed by atoms with E-state index in [2.05, 4.69) is 10.4 Å². The molecule has 0 radical (unpaired) electrons.